The average molecular weight is 898 g/mol. The Morgan fingerprint density at radius 1 is 0.859 bits per heavy atom. The van der Waals surface area contributed by atoms with Crippen molar-refractivity contribution in [3.63, 3.8) is 0 Å². The van der Waals surface area contributed by atoms with Gasteiger partial charge in [-0.1, -0.05) is 58.0 Å². The Balaban J connectivity index is 1.05. The van der Waals surface area contributed by atoms with Gasteiger partial charge < -0.3 is 29.2 Å². The van der Waals surface area contributed by atoms with Gasteiger partial charge in [0, 0.05) is 59.0 Å². The highest BCUT2D eigenvalue weighted by atomic mass is 33.1. The van der Waals surface area contributed by atoms with E-state index in [1.165, 1.54) is 14.2 Å². The maximum Gasteiger partial charge on any atom is 0.261 e. The van der Waals surface area contributed by atoms with E-state index in [1.54, 1.807) is 55.7 Å². The van der Waals surface area contributed by atoms with Crippen LogP contribution in [-0.2, 0) is 30.8 Å². The molecule has 1 N–H and O–H groups in total. The van der Waals surface area contributed by atoms with Crippen molar-refractivity contribution in [1.29, 1.82) is 0 Å². The van der Waals surface area contributed by atoms with Crippen LogP contribution < -0.4 is 34.1 Å². The van der Waals surface area contributed by atoms with E-state index in [0.717, 1.165) is 40.0 Å². The van der Waals surface area contributed by atoms with Crippen LogP contribution in [0.3, 0.4) is 0 Å². The highest BCUT2D eigenvalue weighted by molar-refractivity contribution is 8.76. The fourth-order valence-corrected chi connectivity index (χ4v) is 10.8. The van der Waals surface area contributed by atoms with Crippen LogP contribution in [-0.4, -0.2) is 68.0 Å². The van der Waals surface area contributed by atoms with Crippen molar-refractivity contribution in [1.82, 2.24) is 0 Å². The van der Waals surface area contributed by atoms with E-state index < -0.39 is 0 Å². The predicted octanol–water partition coefficient (Wildman–Crippen LogP) is 10.6. The fraction of sp³-hybridized carbons (Fsp3) is 0.300. The third kappa shape index (κ3) is 9.20. The summed E-state index contributed by atoms with van der Waals surface area (Å²) >= 11 is 0. The first-order valence-corrected chi connectivity index (χ1v) is 23.6. The molecule has 3 aliphatic heterocycles. The van der Waals surface area contributed by atoms with Crippen molar-refractivity contribution >= 4 is 80.7 Å². The second kappa shape index (κ2) is 18.8. The molecule has 0 aromatic heterocycles. The van der Waals surface area contributed by atoms with Crippen LogP contribution in [0.25, 0.3) is 0 Å². The number of nitrogens with one attached hydrogen (secondary N) is 1. The van der Waals surface area contributed by atoms with Crippen molar-refractivity contribution < 1.29 is 33.3 Å². The summed E-state index contributed by atoms with van der Waals surface area (Å²) in [6, 6.07) is 28.0. The lowest BCUT2D eigenvalue weighted by Gasteiger charge is -2.24. The minimum atomic E-state index is -0.205. The molecule has 0 saturated carbocycles. The van der Waals surface area contributed by atoms with Crippen LogP contribution in [0.15, 0.2) is 101 Å². The van der Waals surface area contributed by atoms with Crippen LogP contribution in [0.4, 0.5) is 28.4 Å². The number of methoxy groups -OCH3 is 2. The van der Waals surface area contributed by atoms with Gasteiger partial charge in [-0.05, 0) is 111 Å². The van der Waals surface area contributed by atoms with E-state index in [2.05, 4.69) is 30.9 Å². The molecule has 0 bridgehead atoms. The molecule has 0 saturated heterocycles. The Morgan fingerprint density at radius 2 is 1.50 bits per heavy atom. The maximum atomic E-state index is 14.1. The topological polar surface area (TPSA) is 131 Å². The molecule has 8 rings (SSSR count). The first kappa shape index (κ1) is 44.4. The summed E-state index contributed by atoms with van der Waals surface area (Å²) in [5.41, 5.74) is 7.63. The molecule has 3 aliphatic rings. The van der Waals surface area contributed by atoms with Gasteiger partial charge in [0.05, 0.1) is 42.8 Å². The lowest BCUT2D eigenvalue weighted by Crippen LogP contribution is -2.37. The molecule has 0 unspecified atom stereocenters. The molecule has 0 fully saturated rings. The number of amides is 3. The van der Waals surface area contributed by atoms with Crippen molar-refractivity contribution in [3.05, 3.63) is 124 Å². The number of para-hydroxylation sites is 2. The number of benzene rings is 5. The third-order valence-corrected chi connectivity index (χ3v) is 14.3. The smallest absolute Gasteiger partial charge is 0.261 e. The Hall–Kier alpha value is -6.25. The van der Waals surface area contributed by atoms with Crippen molar-refractivity contribution in [2.45, 2.75) is 76.5 Å². The van der Waals surface area contributed by atoms with Crippen molar-refractivity contribution in [3.8, 4) is 23.0 Å². The fourth-order valence-electron chi connectivity index (χ4n) is 8.55. The summed E-state index contributed by atoms with van der Waals surface area (Å²) in [6.45, 7) is 10.2. The highest BCUT2D eigenvalue weighted by Gasteiger charge is 2.37. The van der Waals surface area contributed by atoms with E-state index in [9.17, 15) is 14.4 Å². The number of anilines is 3. The summed E-state index contributed by atoms with van der Waals surface area (Å²) in [5, 5.41) is 3.09. The molecule has 12 nitrogen and oxygen atoms in total. The monoisotopic (exact) mass is 897 g/mol. The van der Waals surface area contributed by atoms with Crippen molar-refractivity contribution in [2.75, 3.05) is 35.6 Å². The number of nitrogens with zero attached hydrogens (tertiary/aromatic N) is 4. The second-order valence-corrected chi connectivity index (χ2v) is 19.7. The average Bonchev–Trinajstić information content (AvgIpc) is 3.80. The van der Waals surface area contributed by atoms with Gasteiger partial charge in [0.1, 0.15) is 13.2 Å². The molecule has 0 spiro atoms. The zero-order valence-electron chi connectivity index (χ0n) is 36.8. The number of carbonyl (C=O) groups is 3. The summed E-state index contributed by atoms with van der Waals surface area (Å²) in [5.74, 6) is 1.04. The standard InChI is InChI=1S/C50H51N5O7S2/c1-30-18-33-12-8-10-14-41(33)54(30)48(57)37-23-43(59-5)45(25-39(37)51-4)61-28-31-19-32(21-35(20-31)53-47(56)16-17-50(2,3)64-63-7)29-62-46-26-40-38(24-44(46)60-6)49(58)55-36(27-52-40)22-34-13-9-11-15-42(34)55/h8-15,19-21,23-27,30,36H,4,16-18,22,28-29H2,1-3,5-7H3,(H,53,56)/t30-,36+/m1/s1. The van der Waals surface area contributed by atoms with E-state index >= 15 is 0 Å². The summed E-state index contributed by atoms with van der Waals surface area (Å²) in [7, 11) is 6.49. The van der Waals surface area contributed by atoms with Gasteiger partial charge in [0.25, 0.3) is 11.8 Å². The van der Waals surface area contributed by atoms with Crippen LogP contribution in [0, 0.1) is 0 Å². The highest BCUT2D eigenvalue weighted by Crippen LogP contribution is 2.43. The number of rotatable bonds is 16. The first-order valence-electron chi connectivity index (χ1n) is 21.1. The van der Waals surface area contributed by atoms with E-state index in [-0.39, 0.29) is 47.8 Å². The van der Waals surface area contributed by atoms with Gasteiger partial charge in [0.15, 0.2) is 23.0 Å². The molecule has 0 aliphatic carbocycles. The predicted molar refractivity (Wildman–Crippen MR) is 259 cm³/mol. The number of fused-ring (bicyclic) bond motifs is 5. The second-order valence-electron chi connectivity index (χ2n) is 16.6. The van der Waals surface area contributed by atoms with Gasteiger partial charge in [0.2, 0.25) is 5.91 Å². The minimum absolute atomic E-state index is 0.0385. The lowest BCUT2D eigenvalue weighted by molar-refractivity contribution is -0.116. The Kier molecular flexibility index (Phi) is 13.1. The molecule has 330 valence electrons. The molecule has 3 amide bonds. The molecule has 3 heterocycles. The summed E-state index contributed by atoms with van der Waals surface area (Å²) in [6.07, 6.45) is 6.32. The van der Waals surface area contributed by atoms with Crippen LogP contribution in [0.5, 0.6) is 23.0 Å². The molecule has 5 aromatic carbocycles. The molecular weight excluding hydrogens is 847 g/mol. The molecule has 2 atom stereocenters. The van der Waals surface area contributed by atoms with Crippen LogP contribution in [0.2, 0.25) is 0 Å². The first-order chi connectivity index (χ1) is 30.9. The van der Waals surface area contributed by atoms with E-state index in [1.807, 2.05) is 86.1 Å². The molecular formula is C50H51N5O7S2. The van der Waals surface area contributed by atoms with Crippen molar-refractivity contribution in [2.24, 2.45) is 9.98 Å². The van der Waals surface area contributed by atoms with Gasteiger partial charge in [-0.3, -0.25) is 29.3 Å². The zero-order valence-corrected chi connectivity index (χ0v) is 38.4. The SMILES string of the molecule is C=Nc1cc(OCc2cc(COc3cc4c(cc3OC)C(=O)N3c5ccccc5C[C@H]3C=N4)cc(NC(=O)CCC(C)(C)SSC)c2)c(OC)cc1C(=O)N1c2ccccc2C[C@H]1C. The molecule has 64 heavy (non-hydrogen) atoms. The van der Waals surface area contributed by atoms with Gasteiger partial charge >= 0.3 is 0 Å². The number of carbonyl (C=O) groups excluding carboxylic acids is 3. The Bertz CT molecular complexity index is 2670. The summed E-state index contributed by atoms with van der Waals surface area (Å²) < 4.78 is 24.3. The molecule has 5 aromatic rings. The Labute approximate surface area is 381 Å². The number of aliphatic imine (C=N–C) groups is 2. The van der Waals surface area contributed by atoms with E-state index in [4.69, 9.17) is 23.9 Å². The number of hydrogen-bond acceptors (Lipinski definition) is 11. The zero-order chi connectivity index (χ0) is 45.1. The molecule has 0 radical (unpaired) electrons. The number of ether oxygens (including phenoxy) is 4. The minimum Gasteiger partial charge on any atom is -0.493 e. The normalized spacial score (nSPS) is 16.0. The molecule has 14 heteroatoms. The summed E-state index contributed by atoms with van der Waals surface area (Å²) in [4.78, 5) is 54.0. The van der Waals surface area contributed by atoms with Gasteiger partial charge in [-0.15, -0.1) is 0 Å². The quantitative estimate of drug-likeness (QED) is 0.0759. The third-order valence-electron chi connectivity index (χ3n) is 11.6. The van der Waals surface area contributed by atoms with Crippen LogP contribution >= 0.6 is 21.6 Å². The van der Waals surface area contributed by atoms with E-state index in [0.29, 0.717) is 70.4 Å². The largest absolute Gasteiger partial charge is 0.493 e. The van der Waals surface area contributed by atoms with Gasteiger partial charge in [-0.2, -0.15) is 0 Å². The van der Waals surface area contributed by atoms with Gasteiger partial charge in [-0.25, -0.2) is 0 Å². The lowest BCUT2D eigenvalue weighted by atomic mass is 10.1. The Morgan fingerprint density at radius 3 is 2.17 bits per heavy atom. The maximum absolute atomic E-state index is 14.1. The van der Waals surface area contributed by atoms with Crippen LogP contribution in [0.1, 0.15) is 76.6 Å². The number of hydrogen-bond donors (Lipinski definition) is 1.